The number of nitrogens with one attached hydrogen (secondary N) is 1. The first kappa shape index (κ1) is 22.1. The van der Waals surface area contributed by atoms with Crippen LogP contribution in [0.4, 0.5) is 5.69 Å². The summed E-state index contributed by atoms with van der Waals surface area (Å²) >= 11 is 0. The molecular weight excluding hydrogens is 370 g/mol. The summed E-state index contributed by atoms with van der Waals surface area (Å²) in [6.07, 6.45) is 2.68. The lowest BCUT2D eigenvalue weighted by molar-refractivity contribution is -0.116. The highest BCUT2D eigenvalue weighted by molar-refractivity contribution is 5.94. The Labute approximate surface area is 171 Å². The van der Waals surface area contributed by atoms with Gasteiger partial charge in [-0.05, 0) is 68.3 Å². The Hall–Kier alpha value is -3.15. The van der Waals surface area contributed by atoms with Crippen LogP contribution in [0.1, 0.15) is 60.2 Å². The lowest BCUT2D eigenvalue weighted by Gasteiger charge is -2.08. The molecule has 1 N–H and O–H groups in total. The second-order valence-electron chi connectivity index (χ2n) is 6.65. The minimum Gasteiger partial charge on any atom is -0.494 e. The molecule has 0 saturated heterocycles. The van der Waals surface area contributed by atoms with Gasteiger partial charge in [-0.15, -0.1) is 0 Å². The van der Waals surface area contributed by atoms with Crippen molar-refractivity contribution in [2.45, 2.75) is 39.5 Å². The van der Waals surface area contributed by atoms with Crippen LogP contribution in [0.25, 0.3) is 0 Å². The molecule has 2 aromatic carbocycles. The monoisotopic (exact) mass is 397 g/mol. The summed E-state index contributed by atoms with van der Waals surface area (Å²) in [6, 6.07) is 13.6. The fourth-order valence-electron chi connectivity index (χ4n) is 2.51. The van der Waals surface area contributed by atoms with E-state index in [1.165, 1.54) is 6.92 Å². The number of amides is 1. The molecule has 6 heteroatoms. The largest absolute Gasteiger partial charge is 0.494 e. The van der Waals surface area contributed by atoms with Gasteiger partial charge in [0.25, 0.3) is 0 Å². The third kappa shape index (κ3) is 7.78. The van der Waals surface area contributed by atoms with E-state index in [9.17, 15) is 14.4 Å². The maximum Gasteiger partial charge on any atom is 0.338 e. The fraction of sp³-hybridized carbons (Fsp3) is 0.348. The normalized spacial score (nSPS) is 10.3. The molecule has 0 spiro atoms. The van der Waals surface area contributed by atoms with Crippen LogP contribution in [-0.2, 0) is 9.53 Å². The fourth-order valence-corrected chi connectivity index (χ4v) is 2.51. The van der Waals surface area contributed by atoms with Crippen molar-refractivity contribution in [3.05, 3.63) is 59.7 Å². The van der Waals surface area contributed by atoms with E-state index in [0.717, 1.165) is 12.8 Å². The van der Waals surface area contributed by atoms with E-state index < -0.39 is 0 Å². The van der Waals surface area contributed by atoms with Crippen molar-refractivity contribution in [2.75, 3.05) is 18.5 Å². The van der Waals surface area contributed by atoms with Crippen LogP contribution in [0.15, 0.2) is 48.5 Å². The van der Waals surface area contributed by atoms with E-state index in [1.807, 2.05) is 6.92 Å². The standard InChI is InChI=1S/C23H27NO5/c1-3-4-15-29-23(27)19-7-11-20(12-8-19)24-22(26)6-5-16-28-21-13-9-18(10-14-21)17(2)25/h7-14H,3-6,15-16H2,1-2H3,(H,24,26). The number of carbonyl (C=O) groups excluding carboxylic acids is 3. The summed E-state index contributed by atoms with van der Waals surface area (Å²) in [5.41, 5.74) is 1.72. The first-order valence-corrected chi connectivity index (χ1v) is 9.80. The molecule has 2 rings (SSSR count). The number of hydrogen-bond donors (Lipinski definition) is 1. The minimum absolute atomic E-state index is 0.00892. The highest BCUT2D eigenvalue weighted by atomic mass is 16.5. The van der Waals surface area contributed by atoms with Crippen molar-refractivity contribution in [1.29, 1.82) is 0 Å². The number of rotatable bonds is 11. The summed E-state index contributed by atoms with van der Waals surface area (Å²) < 4.78 is 10.7. The Morgan fingerprint density at radius 2 is 1.52 bits per heavy atom. The van der Waals surface area contributed by atoms with E-state index in [-0.39, 0.29) is 17.7 Å². The Morgan fingerprint density at radius 3 is 2.14 bits per heavy atom. The number of esters is 1. The minimum atomic E-state index is -0.357. The molecule has 0 heterocycles. The lowest BCUT2D eigenvalue weighted by Crippen LogP contribution is -2.13. The molecule has 0 unspecified atom stereocenters. The van der Waals surface area contributed by atoms with Crippen molar-refractivity contribution in [2.24, 2.45) is 0 Å². The van der Waals surface area contributed by atoms with Crippen LogP contribution < -0.4 is 10.1 Å². The van der Waals surface area contributed by atoms with Gasteiger partial charge in [0.15, 0.2) is 5.78 Å². The van der Waals surface area contributed by atoms with Gasteiger partial charge in [-0.1, -0.05) is 13.3 Å². The maximum absolute atomic E-state index is 12.0. The van der Waals surface area contributed by atoms with Gasteiger partial charge in [-0.3, -0.25) is 9.59 Å². The summed E-state index contributed by atoms with van der Waals surface area (Å²) in [6.45, 7) is 4.36. The maximum atomic E-state index is 12.0. The lowest BCUT2D eigenvalue weighted by atomic mass is 10.1. The van der Waals surface area contributed by atoms with Gasteiger partial charge < -0.3 is 14.8 Å². The molecule has 29 heavy (non-hydrogen) atoms. The Bertz CT molecular complexity index is 812. The molecule has 1 amide bonds. The summed E-state index contributed by atoms with van der Waals surface area (Å²) in [7, 11) is 0. The van der Waals surface area contributed by atoms with Crippen LogP contribution >= 0.6 is 0 Å². The van der Waals surface area contributed by atoms with Crippen LogP contribution in [0.2, 0.25) is 0 Å². The van der Waals surface area contributed by atoms with Crippen molar-refractivity contribution >= 4 is 23.3 Å². The van der Waals surface area contributed by atoms with Gasteiger partial charge in [-0.25, -0.2) is 4.79 Å². The quantitative estimate of drug-likeness (QED) is 0.339. The molecule has 6 nitrogen and oxygen atoms in total. The molecule has 0 bridgehead atoms. The first-order valence-electron chi connectivity index (χ1n) is 9.80. The number of Topliss-reactive ketones (excluding diaryl/α,β-unsaturated/α-hetero) is 1. The van der Waals surface area contributed by atoms with Gasteiger partial charge in [0.05, 0.1) is 18.8 Å². The second kappa shape index (κ2) is 11.6. The highest BCUT2D eigenvalue weighted by Crippen LogP contribution is 2.14. The van der Waals surface area contributed by atoms with Crippen molar-refractivity contribution in [3.8, 4) is 5.75 Å². The number of ether oxygens (including phenoxy) is 2. The molecule has 0 aliphatic heterocycles. The number of carbonyl (C=O) groups is 3. The number of ketones is 1. The zero-order chi connectivity index (χ0) is 21.1. The van der Waals surface area contributed by atoms with Crippen LogP contribution in [-0.4, -0.2) is 30.9 Å². The van der Waals surface area contributed by atoms with Crippen LogP contribution in [0.5, 0.6) is 5.75 Å². The van der Waals surface area contributed by atoms with Gasteiger partial charge in [0.2, 0.25) is 5.91 Å². The summed E-state index contributed by atoms with van der Waals surface area (Å²) in [5, 5.41) is 2.79. The molecule has 2 aromatic rings. The van der Waals surface area contributed by atoms with Crippen LogP contribution in [0, 0.1) is 0 Å². The average molecular weight is 397 g/mol. The first-order chi connectivity index (χ1) is 14.0. The molecule has 0 aromatic heterocycles. The van der Waals surface area contributed by atoms with Crippen molar-refractivity contribution < 1.29 is 23.9 Å². The second-order valence-corrected chi connectivity index (χ2v) is 6.65. The van der Waals surface area contributed by atoms with Crippen molar-refractivity contribution in [3.63, 3.8) is 0 Å². The van der Waals surface area contributed by atoms with E-state index >= 15 is 0 Å². The molecule has 0 fully saturated rings. The number of anilines is 1. The smallest absolute Gasteiger partial charge is 0.338 e. The SMILES string of the molecule is CCCCOC(=O)c1ccc(NC(=O)CCCOc2ccc(C(C)=O)cc2)cc1. The van der Waals surface area contributed by atoms with E-state index in [2.05, 4.69) is 5.32 Å². The van der Waals surface area contributed by atoms with E-state index in [0.29, 0.717) is 48.6 Å². The highest BCUT2D eigenvalue weighted by Gasteiger charge is 2.08. The average Bonchev–Trinajstić information content (AvgIpc) is 2.72. The summed E-state index contributed by atoms with van der Waals surface area (Å²) in [5.74, 6) is 0.190. The predicted molar refractivity (Wildman–Crippen MR) is 111 cm³/mol. The number of hydrogen-bond acceptors (Lipinski definition) is 5. The number of unbranched alkanes of at least 4 members (excludes halogenated alkanes) is 1. The number of benzene rings is 2. The van der Waals surface area contributed by atoms with Crippen molar-refractivity contribution in [1.82, 2.24) is 0 Å². The third-order valence-corrected chi connectivity index (χ3v) is 4.21. The topological polar surface area (TPSA) is 81.7 Å². The Balaban J connectivity index is 1.69. The molecule has 0 radical (unpaired) electrons. The molecule has 0 aliphatic rings. The molecular formula is C23H27NO5. The van der Waals surface area contributed by atoms with Crippen LogP contribution in [0.3, 0.4) is 0 Å². The zero-order valence-corrected chi connectivity index (χ0v) is 16.9. The predicted octanol–water partition coefficient (Wildman–Crippen LogP) is 4.64. The van der Waals surface area contributed by atoms with E-state index in [4.69, 9.17) is 9.47 Å². The van der Waals surface area contributed by atoms with Gasteiger partial charge in [-0.2, -0.15) is 0 Å². The third-order valence-electron chi connectivity index (χ3n) is 4.21. The van der Waals surface area contributed by atoms with Gasteiger partial charge >= 0.3 is 5.97 Å². The molecule has 0 saturated carbocycles. The Morgan fingerprint density at radius 1 is 0.862 bits per heavy atom. The zero-order valence-electron chi connectivity index (χ0n) is 16.9. The molecule has 0 atom stereocenters. The van der Waals surface area contributed by atoms with E-state index in [1.54, 1.807) is 48.5 Å². The molecule has 154 valence electrons. The van der Waals surface area contributed by atoms with Gasteiger partial charge in [0, 0.05) is 17.7 Å². The summed E-state index contributed by atoms with van der Waals surface area (Å²) in [4.78, 5) is 35.1. The molecule has 0 aliphatic carbocycles. The van der Waals surface area contributed by atoms with Gasteiger partial charge in [0.1, 0.15) is 5.75 Å². The Kier molecular flexibility index (Phi) is 8.89.